The van der Waals surface area contributed by atoms with Gasteiger partial charge in [0.25, 0.3) is 0 Å². The quantitative estimate of drug-likeness (QED) is 0.121. The van der Waals surface area contributed by atoms with Gasteiger partial charge >= 0.3 is 0 Å². The highest BCUT2D eigenvalue weighted by Gasteiger charge is 2.75. The van der Waals surface area contributed by atoms with Crippen LogP contribution >= 0.6 is 0 Å². The lowest BCUT2D eigenvalue weighted by Gasteiger charge is -2.62. The lowest BCUT2D eigenvalue weighted by atomic mass is 9.45. The van der Waals surface area contributed by atoms with Crippen LogP contribution in [0.15, 0.2) is 11.6 Å². The van der Waals surface area contributed by atoms with E-state index in [1.807, 2.05) is 6.92 Å². The zero-order chi connectivity index (χ0) is 46.0. The van der Waals surface area contributed by atoms with Crippen molar-refractivity contribution in [1.82, 2.24) is 0 Å². The number of allylic oxidation sites excluding steroid dienone is 1. The van der Waals surface area contributed by atoms with Gasteiger partial charge in [0.05, 0.1) is 49.8 Å². The average Bonchev–Trinajstić information content (AvgIpc) is 3.66. The molecule has 4 aliphatic carbocycles. The van der Waals surface area contributed by atoms with Gasteiger partial charge in [-0.2, -0.15) is 0 Å². The van der Waals surface area contributed by atoms with Gasteiger partial charge in [-0.05, 0) is 62.7 Å². The maximum absolute atomic E-state index is 13.0. The van der Waals surface area contributed by atoms with Crippen LogP contribution in [-0.2, 0) is 37.9 Å². The molecule has 19 heteroatoms. The van der Waals surface area contributed by atoms with Crippen molar-refractivity contribution in [3.8, 4) is 0 Å². The topological polar surface area (TPSA) is 296 Å². The molecule has 5 saturated heterocycles. The maximum Gasteiger partial charge on any atom is 0.187 e. The average molecular weight is 917 g/mol. The summed E-state index contributed by atoms with van der Waals surface area (Å²) < 4.78 is 49.8. The molecule has 27 unspecified atom stereocenters. The van der Waals surface area contributed by atoms with Gasteiger partial charge in [-0.25, -0.2) is 0 Å². The summed E-state index contributed by atoms with van der Waals surface area (Å²) in [6, 6.07) is 0. The van der Waals surface area contributed by atoms with Crippen molar-refractivity contribution in [2.45, 2.75) is 208 Å². The van der Waals surface area contributed by atoms with E-state index in [0.717, 1.165) is 12.8 Å². The van der Waals surface area contributed by atoms with Gasteiger partial charge in [-0.15, -0.1) is 0 Å². The Balaban J connectivity index is 0.951. The second kappa shape index (κ2) is 17.4. The maximum atomic E-state index is 13.0. The number of hydrogen-bond acceptors (Lipinski definition) is 19. The van der Waals surface area contributed by atoms with Gasteiger partial charge in [-0.3, -0.25) is 0 Å². The number of aliphatic hydroxyl groups is 11. The van der Waals surface area contributed by atoms with E-state index in [1.54, 1.807) is 0 Å². The van der Waals surface area contributed by atoms with Gasteiger partial charge in [0.15, 0.2) is 24.7 Å². The molecule has 0 aromatic rings. The fourth-order valence-electron chi connectivity index (χ4n) is 14.0. The largest absolute Gasteiger partial charge is 0.394 e. The fourth-order valence-corrected chi connectivity index (χ4v) is 14.0. The summed E-state index contributed by atoms with van der Waals surface area (Å²) in [6.07, 6.45) is -17.6. The van der Waals surface area contributed by atoms with Crippen LogP contribution in [0.4, 0.5) is 0 Å². The Hall–Kier alpha value is -1.02. The van der Waals surface area contributed by atoms with E-state index >= 15 is 0 Å². The van der Waals surface area contributed by atoms with Crippen molar-refractivity contribution >= 4 is 0 Å². The lowest BCUT2D eigenvalue weighted by Crippen LogP contribution is -2.67. The van der Waals surface area contributed by atoms with E-state index < -0.39 is 134 Å². The summed E-state index contributed by atoms with van der Waals surface area (Å²) in [5, 5.41) is 120. The van der Waals surface area contributed by atoms with Crippen LogP contribution < -0.4 is 0 Å². The molecule has 5 aliphatic heterocycles. The van der Waals surface area contributed by atoms with Gasteiger partial charge in [-0.1, -0.05) is 39.3 Å². The predicted octanol–water partition coefficient (Wildman–Crippen LogP) is -1.70. The van der Waals surface area contributed by atoms with Gasteiger partial charge in [0.1, 0.15) is 67.1 Å². The molecule has 0 amide bonds. The molecule has 9 aliphatic rings. The van der Waals surface area contributed by atoms with Crippen LogP contribution in [0.5, 0.6) is 0 Å². The van der Waals surface area contributed by atoms with Crippen molar-refractivity contribution < 1.29 is 94.1 Å². The number of fused-ring (bicyclic) bond motifs is 7. The molecular weight excluding hydrogens is 844 g/mol. The molecule has 1 spiro atoms. The fraction of sp³-hybridized carbons (Fsp3) is 0.956. The van der Waals surface area contributed by atoms with E-state index in [1.165, 1.54) is 12.5 Å². The number of aliphatic hydroxyl groups excluding tert-OH is 10. The summed E-state index contributed by atoms with van der Waals surface area (Å²) >= 11 is 0. The Morgan fingerprint density at radius 1 is 0.688 bits per heavy atom. The zero-order valence-corrected chi connectivity index (χ0v) is 37.3. The predicted molar refractivity (Wildman–Crippen MR) is 217 cm³/mol. The first-order valence-electron chi connectivity index (χ1n) is 23.5. The molecule has 5 heterocycles. The third-order valence-electron chi connectivity index (χ3n) is 18.0. The molecule has 8 fully saturated rings. The first-order chi connectivity index (χ1) is 30.2. The monoisotopic (exact) mass is 916 g/mol. The van der Waals surface area contributed by atoms with Crippen molar-refractivity contribution in [3.05, 3.63) is 11.6 Å². The minimum Gasteiger partial charge on any atom is -0.394 e. The molecule has 19 nitrogen and oxygen atoms in total. The van der Waals surface area contributed by atoms with Crippen molar-refractivity contribution in [2.24, 2.45) is 40.4 Å². The Kier molecular flexibility index (Phi) is 13.1. The second-order valence-electron chi connectivity index (χ2n) is 21.3. The molecule has 0 aromatic heterocycles. The van der Waals surface area contributed by atoms with E-state index in [2.05, 4.69) is 26.8 Å². The smallest absolute Gasteiger partial charge is 0.187 e. The van der Waals surface area contributed by atoms with Crippen LogP contribution in [0.3, 0.4) is 0 Å². The normalized spacial score (nSPS) is 58.6. The lowest BCUT2D eigenvalue weighted by molar-refractivity contribution is -0.394. The number of hydrogen-bond donors (Lipinski definition) is 11. The van der Waals surface area contributed by atoms with Crippen molar-refractivity contribution in [3.63, 3.8) is 0 Å². The van der Waals surface area contributed by atoms with Crippen LogP contribution in [0.25, 0.3) is 0 Å². The third kappa shape index (κ3) is 7.42. The highest BCUT2D eigenvalue weighted by molar-refractivity contribution is 5.30. The van der Waals surface area contributed by atoms with E-state index in [4.69, 9.17) is 37.9 Å². The Morgan fingerprint density at radius 2 is 1.33 bits per heavy atom. The van der Waals surface area contributed by atoms with Crippen LogP contribution in [0, 0.1) is 40.4 Å². The summed E-state index contributed by atoms with van der Waals surface area (Å²) in [6.45, 7) is 9.08. The summed E-state index contributed by atoms with van der Waals surface area (Å²) in [7, 11) is 0. The van der Waals surface area contributed by atoms with E-state index in [9.17, 15) is 56.2 Å². The van der Waals surface area contributed by atoms with E-state index in [0.29, 0.717) is 45.1 Å². The highest BCUT2D eigenvalue weighted by atomic mass is 16.8. The van der Waals surface area contributed by atoms with Gasteiger partial charge < -0.3 is 94.1 Å². The van der Waals surface area contributed by atoms with Gasteiger partial charge in [0.2, 0.25) is 0 Å². The molecule has 9 rings (SSSR count). The summed E-state index contributed by atoms with van der Waals surface area (Å²) in [5.74, 6) is -0.615. The second-order valence-corrected chi connectivity index (χ2v) is 21.3. The van der Waals surface area contributed by atoms with Crippen LogP contribution in [0.1, 0.15) is 86.0 Å². The first-order valence-corrected chi connectivity index (χ1v) is 23.5. The number of ether oxygens (including phenoxy) is 8. The molecule has 0 radical (unpaired) electrons. The zero-order valence-electron chi connectivity index (χ0n) is 37.3. The molecule has 11 N–H and O–H groups in total. The Labute approximate surface area is 373 Å². The first kappa shape index (κ1) is 48.0. The Bertz CT molecular complexity index is 1710. The Morgan fingerprint density at radius 3 is 2.02 bits per heavy atom. The van der Waals surface area contributed by atoms with Crippen LogP contribution in [0.2, 0.25) is 0 Å². The molecular formula is C45H72O19. The molecule has 0 aromatic carbocycles. The molecule has 27 atom stereocenters. The van der Waals surface area contributed by atoms with Crippen LogP contribution in [-0.4, -0.2) is 198 Å². The summed E-state index contributed by atoms with van der Waals surface area (Å²) in [4.78, 5) is 0. The molecule has 64 heavy (non-hydrogen) atoms. The SMILES string of the molecule is CC1COC2(CC1O)OC1CC3(O)C4CC=C5CC(OC6OC(CO)C(O)C(OC7OC(CO)C(O)C(O)C7O)C6OC6OC(C)C(O)C(O)C6O)CCC5(C)C4CCC3(C)C1C2C. The third-order valence-corrected chi connectivity index (χ3v) is 18.0. The minimum absolute atomic E-state index is 0.00958. The molecule has 366 valence electrons. The minimum atomic E-state index is -1.87. The standard InChI is InChI=1S/C45H72O19/c1-18-17-57-45(13-25(18)48)19(2)29-26(64-45)14-44(56)24-7-6-21-12-22(8-10-42(21,4)23(24)9-11-43(29,44)5)59-41-38(63-39-35(54)33(52)30(49)20(3)58-39)37(32(51)28(16-47)61-41)62-40-36(55)34(53)31(50)27(15-46)60-40/h6,18-20,22-41,46-56H,7-17H2,1-5H3. The van der Waals surface area contributed by atoms with E-state index in [-0.39, 0.29) is 41.1 Å². The molecule has 3 saturated carbocycles. The number of rotatable bonds is 8. The van der Waals surface area contributed by atoms with Crippen molar-refractivity contribution in [2.75, 3.05) is 19.8 Å². The molecule has 0 bridgehead atoms. The van der Waals surface area contributed by atoms with Gasteiger partial charge in [0, 0.05) is 36.0 Å². The highest BCUT2D eigenvalue weighted by Crippen LogP contribution is 2.72. The summed E-state index contributed by atoms with van der Waals surface area (Å²) in [5.41, 5.74) is -0.495. The van der Waals surface area contributed by atoms with Crippen molar-refractivity contribution in [1.29, 1.82) is 0 Å².